The quantitative estimate of drug-likeness (QED) is 0.700. The Morgan fingerprint density at radius 2 is 1.82 bits per heavy atom. The topological polar surface area (TPSA) is 66.0 Å². The molecule has 0 bridgehead atoms. The van der Waals surface area contributed by atoms with Crippen molar-refractivity contribution in [3.05, 3.63) is 42.0 Å². The summed E-state index contributed by atoms with van der Waals surface area (Å²) in [7, 11) is 0. The molecule has 6 nitrogen and oxygen atoms in total. The number of anilines is 1. The van der Waals surface area contributed by atoms with Crippen LogP contribution in [0.15, 0.2) is 36.4 Å². The average Bonchev–Trinajstić information content (AvgIpc) is 3.05. The molecule has 150 valence electrons. The van der Waals surface area contributed by atoms with Gasteiger partial charge >= 0.3 is 0 Å². The van der Waals surface area contributed by atoms with E-state index in [1.807, 2.05) is 38.1 Å². The van der Waals surface area contributed by atoms with Crippen molar-refractivity contribution in [3.8, 4) is 23.0 Å². The lowest BCUT2D eigenvalue weighted by molar-refractivity contribution is -0.118. The second kappa shape index (κ2) is 9.35. The van der Waals surface area contributed by atoms with Crippen molar-refractivity contribution in [1.29, 1.82) is 0 Å². The first-order chi connectivity index (χ1) is 13.6. The Morgan fingerprint density at radius 1 is 1.11 bits per heavy atom. The zero-order valence-electron chi connectivity index (χ0n) is 16.6. The Balaban J connectivity index is 1.59. The molecular formula is C22H27NO5. The highest BCUT2D eigenvalue weighted by Crippen LogP contribution is 2.38. The molecule has 2 aromatic rings. The standard InChI is InChI=1S/C22H27NO5/c1-4-10-26-17-6-8-18(9-7-17)27-14-22(24)23-19-13-20-16(11-15(3)28-20)12-21(19)25-5-2/h6-9,12-13,15H,4-5,10-11,14H2,1-3H3,(H,23,24)/t15-/m1/s1. The van der Waals surface area contributed by atoms with Crippen LogP contribution in [0.4, 0.5) is 5.69 Å². The number of amides is 1. The van der Waals surface area contributed by atoms with Gasteiger partial charge in [-0.15, -0.1) is 0 Å². The summed E-state index contributed by atoms with van der Waals surface area (Å²) in [5.41, 5.74) is 1.68. The van der Waals surface area contributed by atoms with Crippen molar-refractivity contribution in [2.45, 2.75) is 39.7 Å². The molecule has 6 heteroatoms. The molecule has 3 rings (SSSR count). The van der Waals surface area contributed by atoms with Crippen molar-refractivity contribution in [2.24, 2.45) is 0 Å². The molecule has 0 fully saturated rings. The van der Waals surface area contributed by atoms with E-state index in [0.29, 0.717) is 30.4 Å². The van der Waals surface area contributed by atoms with Crippen LogP contribution >= 0.6 is 0 Å². The minimum Gasteiger partial charge on any atom is -0.494 e. The third-order valence-electron chi connectivity index (χ3n) is 4.24. The molecule has 1 atom stereocenters. The number of nitrogens with one attached hydrogen (secondary N) is 1. The van der Waals surface area contributed by atoms with Crippen molar-refractivity contribution >= 4 is 11.6 Å². The lowest BCUT2D eigenvalue weighted by Crippen LogP contribution is -2.20. The number of hydrogen-bond acceptors (Lipinski definition) is 5. The fourth-order valence-corrected chi connectivity index (χ4v) is 3.00. The SMILES string of the molecule is CCCOc1ccc(OCC(=O)Nc2cc3c(cc2OCC)C[C@@H](C)O3)cc1. The third kappa shape index (κ3) is 5.09. The first-order valence-electron chi connectivity index (χ1n) is 9.71. The maximum absolute atomic E-state index is 12.4. The van der Waals surface area contributed by atoms with E-state index in [1.165, 1.54) is 0 Å². The molecule has 0 aliphatic carbocycles. The molecule has 28 heavy (non-hydrogen) atoms. The van der Waals surface area contributed by atoms with Crippen LogP contribution < -0.4 is 24.3 Å². The normalized spacial score (nSPS) is 14.8. The van der Waals surface area contributed by atoms with Gasteiger partial charge in [0, 0.05) is 18.1 Å². The Kier molecular flexibility index (Phi) is 6.63. The fourth-order valence-electron chi connectivity index (χ4n) is 3.00. The lowest BCUT2D eigenvalue weighted by Gasteiger charge is -2.14. The van der Waals surface area contributed by atoms with Crippen LogP contribution in [-0.2, 0) is 11.2 Å². The number of carbonyl (C=O) groups is 1. The van der Waals surface area contributed by atoms with Crippen molar-refractivity contribution in [1.82, 2.24) is 0 Å². The van der Waals surface area contributed by atoms with Crippen LogP contribution in [0.2, 0.25) is 0 Å². The highest BCUT2D eigenvalue weighted by molar-refractivity contribution is 5.93. The van der Waals surface area contributed by atoms with Gasteiger partial charge in [-0.05, 0) is 50.6 Å². The van der Waals surface area contributed by atoms with Crippen LogP contribution in [0.5, 0.6) is 23.0 Å². The minimum absolute atomic E-state index is 0.102. The molecular weight excluding hydrogens is 358 g/mol. The van der Waals surface area contributed by atoms with Gasteiger partial charge in [0.05, 0.1) is 18.9 Å². The van der Waals surface area contributed by atoms with Gasteiger partial charge in [0.25, 0.3) is 5.91 Å². The Labute approximate surface area is 165 Å². The molecule has 1 heterocycles. The van der Waals surface area contributed by atoms with Crippen LogP contribution in [0, 0.1) is 0 Å². The van der Waals surface area contributed by atoms with Gasteiger partial charge in [0.15, 0.2) is 6.61 Å². The second-order valence-electron chi connectivity index (χ2n) is 6.68. The fraction of sp³-hybridized carbons (Fsp3) is 0.409. The highest BCUT2D eigenvalue weighted by atomic mass is 16.5. The predicted molar refractivity (Wildman–Crippen MR) is 108 cm³/mol. The molecule has 1 amide bonds. The van der Waals surface area contributed by atoms with Crippen LogP contribution in [0.3, 0.4) is 0 Å². The summed E-state index contributed by atoms with van der Waals surface area (Å²) in [6.07, 6.45) is 1.92. The van der Waals surface area contributed by atoms with Gasteiger partial charge in [-0.1, -0.05) is 6.92 Å². The highest BCUT2D eigenvalue weighted by Gasteiger charge is 2.22. The number of benzene rings is 2. The zero-order chi connectivity index (χ0) is 19.9. The summed E-state index contributed by atoms with van der Waals surface area (Å²) in [6, 6.07) is 11.0. The van der Waals surface area contributed by atoms with E-state index < -0.39 is 0 Å². The van der Waals surface area contributed by atoms with Gasteiger partial charge in [-0.2, -0.15) is 0 Å². The van der Waals surface area contributed by atoms with Crippen molar-refractivity contribution in [2.75, 3.05) is 25.1 Å². The maximum Gasteiger partial charge on any atom is 0.262 e. The molecule has 0 spiro atoms. The number of fused-ring (bicyclic) bond motifs is 1. The van der Waals surface area contributed by atoms with Crippen molar-refractivity contribution < 1.29 is 23.7 Å². The number of ether oxygens (including phenoxy) is 4. The summed E-state index contributed by atoms with van der Waals surface area (Å²) in [6.45, 7) is 7.07. The van der Waals surface area contributed by atoms with Gasteiger partial charge in [0.2, 0.25) is 0 Å². The van der Waals surface area contributed by atoms with Crippen molar-refractivity contribution in [3.63, 3.8) is 0 Å². The summed E-state index contributed by atoms with van der Waals surface area (Å²) >= 11 is 0. The van der Waals surface area contributed by atoms with E-state index >= 15 is 0 Å². The number of carbonyl (C=O) groups excluding carboxylic acids is 1. The van der Waals surface area contributed by atoms with E-state index in [-0.39, 0.29) is 18.6 Å². The molecule has 2 aromatic carbocycles. The summed E-state index contributed by atoms with van der Waals surface area (Å²) in [5.74, 6) is 2.56. The Hall–Kier alpha value is -2.89. The van der Waals surface area contributed by atoms with Crippen LogP contribution in [0.1, 0.15) is 32.8 Å². The van der Waals surface area contributed by atoms with E-state index in [2.05, 4.69) is 12.2 Å². The van der Waals surface area contributed by atoms with Crippen LogP contribution in [-0.4, -0.2) is 31.8 Å². The zero-order valence-corrected chi connectivity index (χ0v) is 16.6. The predicted octanol–water partition coefficient (Wildman–Crippen LogP) is 4.22. The molecule has 1 N–H and O–H groups in total. The van der Waals surface area contributed by atoms with Gasteiger partial charge < -0.3 is 24.3 Å². The first kappa shape index (κ1) is 19.9. The van der Waals surface area contributed by atoms with E-state index in [1.54, 1.807) is 12.1 Å². The molecule has 0 radical (unpaired) electrons. The van der Waals surface area contributed by atoms with E-state index in [9.17, 15) is 4.79 Å². The van der Waals surface area contributed by atoms with E-state index in [4.69, 9.17) is 18.9 Å². The monoisotopic (exact) mass is 385 g/mol. The smallest absolute Gasteiger partial charge is 0.262 e. The van der Waals surface area contributed by atoms with Gasteiger partial charge in [-0.25, -0.2) is 0 Å². The van der Waals surface area contributed by atoms with Gasteiger partial charge in [0.1, 0.15) is 29.1 Å². The number of rotatable bonds is 9. The Bertz CT molecular complexity index is 803. The molecule has 0 saturated heterocycles. The maximum atomic E-state index is 12.4. The molecule has 0 saturated carbocycles. The first-order valence-corrected chi connectivity index (χ1v) is 9.71. The van der Waals surface area contributed by atoms with Gasteiger partial charge in [-0.3, -0.25) is 4.79 Å². The number of hydrogen-bond donors (Lipinski definition) is 1. The van der Waals surface area contributed by atoms with Crippen LogP contribution in [0.25, 0.3) is 0 Å². The largest absolute Gasteiger partial charge is 0.494 e. The molecule has 1 aliphatic heterocycles. The third-order valence-corrected chi connectivity index (χ3v) is 4.24. The summed E-state index contributed by atoms with van der Waals surface area (Å²) < 4.78 is 22.6. The van der Waals surface area contributed by atoms with E-state index in [0.717, 1.165) is 29.9 Å². The lowest BCUT2D eigenvalue weighted by atomic mass is 10.1. The molecule has 0 aromatic heterocycles. The molecule has 0 unspecified atom stereocenters. The molecule has 1 aliphatic rings. The average molecular weight is 385 g/mol. The Morgan fingerprint density at radius 3 is 2.50 bits per heavy atom. The minimum atomic E-state index is -0.266. The summed E-state index contributed by atoms with van der Waals surface area (Å²) in [4.78, 5) is 12.4. The summed E-state index contributed by atoms with van der Waals surface area (Å²) in [5, 5.41) is 2.86. The second-order valence-corrected chi connectivity index (χ2v) is 6.68.